The maximum absolute atomic E-state index is 5.07. The highest BCUT2D eigenvalue weighted by molar-refractivity contribution is 5.00. The molecule has 0 amide bonds. The molecule has 0 radical (unpaired) electrons. The van der Waals surface area contributed by atoms with Gasteiger partial charge in [0.05, 0.1) is 12.2 Å². The Labute approximate surface area is 66.4 Å². The summed E-state index contributed by atoms with van der Waals surface area (Å²) < 4.78 is 1.82. The van der Waals surface area contributed by atoms with Gasteiger partial charge in [-0.05, 0) is 6.07 Å². The number of rotatable bonds is 3. The third kappa shape index (κ3) is 2.10. The quantitative estimate of drug-likeness (QED) is 0.489. The fourth-order valence-corrected chi connectivity index (χ4v) is 0.837. The van der Waals surface area contributed by atoms with Crippen LogP contribution in [0.5, 0.6) is 0 Å². The van der Waals surface area contributed by atoms with Gasteiger partial charge in [0.2, 0.25) is 0 Å². The van der Waals surface area contributed by atoms with Gasteiger partial charge in [0.15, 0.2) is 0 Å². The van der Waals surface area contributed by atoms with Crippen molar-refractivity contribution < 1.29 is 0 Å². The second-order valence-electron chi connectivity index (χ2n) is 2.25. The number of nitrogens with one attached hydrogen (secondary N) is 1. The molecule has 3 heteroatoms. The summed E-state index contributed by atoms with van der Waals surface area (Å²) in [4.78, 5) is 0. The third-order valence-electron chi connectivity index (χ3n) is 1.46. The van der Waals surface area contributed by atoms with Gasteiger partial charge in [-0.2, -0.15) is 5.10 Å². The molecule has 1 heterocycles. The number of aryl methyl sites for hydroxylation is 1. The molecule has 1 aromatic heterocycles. The van der Waals surface area contributed by atoms with Crippen molar-refractivity contribution in [1.29, 1.82) is 0 Å². The monoisotopic (exact) mass is 149 g/mol. The van der Waals surface area contributed by atoms with Crippen LogP contribution in [-0.2, 0) is 13.6 Å². The van der Waals surface area contributed by atoms with Gasteiger partial charge in [-0.25, -0.2) is 0 Å². The zero-order valence-electron chi connectivity index (χ0n) is 6.54. The summed E-state index contributed by atoms with van der Waals surface area (Å²) in [5, 5.41) is 7.10. The Morgan fingerprint density at radius 3 is 3.18 bits per heavy atom. The molecule has 0 aliphatic carbocycles. The molecule has 0 aliphatic heterocycles. The first-order valence-electron chi connectivity index (χ1n) is 3.45. The van der Waals surface area contributed by atoms with Crippen molar-refractivity contribution in [1.82, 2.24) is 15.1 Å². The fraction of sp³-hybridized carbons (Fsp3) is 0.375. The highest BCUT2D eigenvalue weighted by Gasteiger charge is 1.94. The molecule has 0 atom stereocenters. The first kappa shape index (κ1) is 7.83. The number of hydrogen-bond donors (Lipinski definition) is 1. The van der Waals surface area contributed by atoms with Crippen LogP contribution in [0.2, 0.25) is 0 Å². The fourth-order valence-electron chi connectivity index (χ4n) is 0.837. The van der Waals surface area contributed by atoms with Gasteiger partial charge in [0.25, 0.3) is 0 Å². The van der Waals surface area contributed by atoms with Gasteiger partial charge >= 0.3 is 0 Å². The Balaban J connectivity index is 2.40. The van der Waals surface area contributed by atoms with Crippen LogP contribution >= 0.6 is 0 Å². The highest BCUT2D eigenvalue weighted by atomic mass is 15.3. The Kier molecular flexibility index (Phi) is 2.70. The van der Waals surface area contributed by atoms with Gasteiger partial charge in [0, 0.05) is 19.8 Å². The standard InChI is InChI=1S/C8H11N3/c1-3-5-9-7-8-4-6-10-11(8)2/h1,4,6,9H,5,7H2,2H3. The normalized spacial score (nSPS) is 9.45. The molecule has 0 unspecified atom stereocenters. The molecule has 1 rings (SSSR count). The predicted octanol–water partition coefficient (Wildman–Crippen LogP) is 0.143. The van der Waals surface area contributed by atoms with Crippen LogP contribution in [0.4, 0.5) is 0 Å². The second kappa shape index (κ2) is 3.79. The summed E-state index contributed by atoms with van der Waals surface area (Å²) in [6.07, 6.45) is 6.84. The Morgan fingerprint density at radius 1 is 1.82 bits per heavy atom. The van der Waals surface area contributed by atoms with Gasteiger partial charge in [-0.1, -0.05) is 5.92 Å². The summed E-state index contributed by atoms with van der Waals surface area (Å²) in [6.45, 7) is 1.38. The lowest BCUT2D eigenvalue weighted by atomic mass is 10.4. The smallest absolute Gasteiger partial charge is 0.0576 e. The highest BCUT2D eigenvalue weighted by Crippen LogP contribution is 1.93. The molecule has 0 spiro atoms. The van der Waals surface area contributed by atoms with Crippen molar-refractivity contribution in [2.24, 2.45) is 7.05 Å². The van der Waals surface area contributed by atoms with Crippen molar-refractivity contribution in [3.05, 3.63) is 18.0 Å². The van der Waals surface area contributed by atoms with Crippen LogP contribution in [0.1, 0.15) is 5.69 Å². The molecule has 0 saturated heterocycles. The van der Waals surface area contributed by atoms with Gasteiger partial charge in [-0.15, -0.1) is 6.42 Å². The number of hydrogen-bond acceptors (Lipinski definition) is 2. The van der Waals surface area contributed by atoms with E-state index in [1.807, 2.05) is 17.8 Å². The van der Waals surface area contributed by atoms with Crippen molar-refractivity contribution in [3.63, 3.8) is 0 Å². The van der Waals surface area contributed by atoms with Crippen molar-refractivity contribution in [3.8, 4) is 12.3 Å². The van der Waals surface area contributed by atoms with E-state index in [0.29, 0.717) is 6.54 Å². The average molecular weight is 149 g/mol. The molecule has 0 bridgehead atoms. The maximum Gasteiger partial charge on any atom is 0.0576 e. The van der Waals surface area contributed by atoms with E-state index in [1.54, 1.807) is 6.20 Å². The van der Waals surface area contributed by atoms with E-state index in [-0.39, 0.29) is 0 Å². The zero-order chi connectivity index (χ0) is 8.10. The van der Waals surface area contributed by atoms with Crippen LogP contribution in [0.25, 0.3) is 0 Å². The van der Waals surface area contributed by atoms with Gasteiger partial charge < -0.3 is 5.32 Å². The predicted molar refractivity (Wildman–Crippen MR) is 43.7 cm³/mol. The molecular formula is C8H11N3. The van der Waals surface area contributed by atoms with Crippen molar-refractivity contribution in [2.75, 3.05) is 6.54 Å². The third-order valence-corrected chi connectivity index (χ3v) is 1.46. The molecular weight excluding hydrogens is 138 g/mol. The number of nitrogens with zero attached hydrogens (tertiary/aromatic N) is 2. The van der Waals surface area contributed by atoms with Crippen LogP contribution in [0.3, 0.4) is 0 Å². The molecule has 58 valence electrons. The van der Waals surface area contributed by atoms with Crippen molar-refractivity contribution in [2.45, 2.75) is 6.54 Å². The topological polar surface area (TPSA) is 29.9 Å². The van der Waals surface area contributed by atoms with Gasteiger partial charge in [0.1, 0.15) is 0 Å². The summed E-state index contributed by atoms with van der Waals surface area (Å²) in [5.74, 6) is 2.51. The number of aromatic nitrogens is 2. The zero-order valence-corrected chi connectivity index (χ0v) is 6.54. The average Bonchev–Trinajstić information content (AvgIpc) is 2.37. The Morgan fingerprint density at radius 2 is 2.64 bits per heavy atom. The van der Waals surface area contributed by atoms with E-state index in [0.717, 1.165) is 12.2 Å². The van der Waals surface area contributed by atoms with Crippen LogP contribution in [0.15, 0.2) is 12.3 Å². The summed E-state index contributed by atoms with van der Waals surface area (Å²) in [5.41, 5.74) is 1.14. The van der Waals surface area contributed by atoms with Crippen LogP contribution in [0, 0.1) is 12.3 Å². The van der Waals surface area contributed by atoms with E-state index < -0.39 is 0 Å². The lowest BCUT2D eigenvalue weighted by Crippen LogP contribution is -2.15. The first-order valence-corrected chi connectivity index (χ1v) is 3.45. The molecule has 11 heavy (non-hydrogen) atoms. The minimum atomic E-state index is 0.602. The van der Waals surface area contributed by atoms with E-state index in [9.17, 15) is 0 Å². The lowest BCUT2D eigenvalue weighted by Gasteiger charge is -2.00. The van der Waals surface area contributed by atoms with E-state index in [4.69, 9.17) is 6.42 Å². The molecule has 3 nitrogen and oxygen atoms in total. The SMILES string of the molecule is C#CCNCc1ccnn1C. The van der Waals surface area contributed by atoms with Crippen LogP contribution < -0.4 is 5.32 Å². The first-order chi connectivity index (χ1) is 5.34. The molecule has 0 aliphatic rings. The Hall–Kier alpha value is -1.27. The molecule has 0 saturated carbocycles. The molecule has 1 aromatic rings. The molecule has 0 aromatic carbocycles. The summed E-state index contributed by atoms with van der Waals surface area (Å²) in [7, 11) is 1.91. The summed E-state index contributed by atoms with van der Waals surface area (Å²) in [6, 6.07) is 1.96. The summed E-state index contributed by atoms with van der Waals surface area (Å²) >= 11 is 0. The molecule has 0 fully saturated rings. The van der Waals surface area contributed by atoms with E-state index in [2.05, 4.69) is 16.3 Å². The second-order valence-corrected chi connectivity index (χ2v) is 2.25. The minimum absolute atomic E-state index is 0.602. The molecule has 1 N–H and O–H groups in total. The van der Waals surface area contributed by atoms with E-state index >= 15 is 0 Å². The Bertz CT molecular complexity index is 257. The lowest BCUT2D eigenvalue weighted by molar-refractivity contribution is 0.658. The van der Waals surface area contributed by atoms with Gasteiger partial charge in [-0.3, -0.25) is 4.68 Å². The maximum atomic E-state index is 5.07. The van der Waals surface area contributed by atoms with Crippen LogP contribution in [-0.4, -0.2) is 16.3 Å². The van der Waals surface area contributed by atoms with Crippen molar-refractivity contribution >= 4 is 0 Å². The number of terminal acetylenes is 1. The minimum Gasteiger partial charge on any atom is -0.301 e. The largest absolute Gasteiger partial charge is 0.301 e. The van der Waals surface area contributed by atoms with E-state index in [1.165, 1.54) is 0 Å².